The summed E-state index contributed by atoms with van der Waals surface area (Å²) in [5.41, 5.74) is 0. The normalized spacial score (nSPS) is 22.6. The number of esters is 1. The first-order valence-electron chi connectivity index (χ1n) is 23.9. The Kier molecular flexibility index (Phi) is 35.3. The predicted molar refractivity (Wildman–Crippen MR) is 230 cm³/mol. The lowest BCUT2D eigenvalue weighted by molar-refractivity contribution is -0.220. The first-order valence-corrected chi connectivity index (χ1v) is 25.4. The molecule has 0 amide bonds. The molecule has 0 aromatic rings. The van der Waals surface area contributed by atoms with Crippen LogP contribution in [0.15, 0.2) is 0 Å². The van der Waals surface area contributed by atoms with E-state index in [-0.39, 0.29) is 13.0 Å². The maximum atomic E-state index is 12.8. The number of hydrogen-bond donors (Lipinski definition) is 6. The van der Waals surface area contributed by atoms with Crippen molar-refractivity contribution in [1.29, 1.82) is 0 Å². The minimum absolute atomic E-state index is 0.0678. The Morgan fingerprint density at radius 1 is 0.483 bits per heavy atom. The molecule has 0 aromatic heterocycles. The van der Waals surface area contributed by atoms with Crippen LogP contribution in [0, 0.1) is 0 Å². The maximum Gasteiger partial charge on any atom is 0.472 e. The zero-order valence-electron chi connectivity index (χ0n) is 36.9. The van der Waals surface area contributed by atoms with Crippen LogP contribution in [0.25, 0.3) is 0 Å². The molecule has 1 fully saturated rings. The van der Waals surface area contributed by atoms with Crippen LogP contribution in [-0.4, -0.2) is 98.9 Å². The van der Waals surface area contributed by atoms with Crippen molar-refractivity contribution < 1.29 is 58.3 Å². The highest BCUT2D eigenvalue weighted by atomic mass is 31.2. The monoisotopic (exact) mass is 853 g/mol. The number of hydrogen-bond acceptors (Lipinski definition) is 11. The molecule has 0 aliphatic heterocycles. The molecule has 0 saturated heterocycles. The Hall–Kier alpha value is -0.660. The molecule has 0 bridgehead atoms. The summed E-state index contributed by atoms with van der Waals surface area (Å²) >= 11 is 0. The third-order valence-electron chi connectivity index (χ3n) is 11.5. The molecule has 58 heavy (non-hydrogen) atoms. The van der Waals surface area contributed by atoms with E-state index < -0.39 is 63.1 Å². The third-order valence-corrected chi connectivity index (χ3v) is 12.5. The van der Waals surface area contributed by atoms with Gasteiger partial charge >= 0.3 is 13.8 Å². The van der Waals surface area contributed by atoms with Crippen molar-refractivity contribution in [2.45, 2.75) is 262 Å². The van der Waals surface area contributed by atoms with E-state index in [9.17, 15) is 39.8 Å². The molecule has 13 heteroatoms. The molecule has 0 heterocycles. The van der Waals surface area contributed by atoms with E-state index in [0.29, 0.717) is 13.0 Å². The lowest BCUT2D eigenvalue weighted by Gasteiger charge is -2.41. The largest absolute Gasteiger partial charge is 0.472 e. The van der Waals surface area contributed by atoms with Gasteiger partial charge in [-0.3, -0.25) is 13.8 Å². The van der Waals surface area contributed by atoms with Crippen LogP contribution < -0.4 is 0 Å². The molecule has 6 unspecified atom stereocenters. The molecule has 1 aliphatic rings. The summed E-state index contributed by atoms with van der Waals surface area (Å²) in [6, 6.07) is 0. The van der Waals surface area contributed by atoms with Gasteiger partial charge in [0.05, 0.1) is 13.2 Å². The molecule has 8 atom stereocenters. The van der Waals surface area contributed by atoms with Crippen LogP contribution >= 0.6 is 7.82 Å². The molecule has 0 spiro atoms. The molecule has 12 nitrogen and oxygen atoms in total. The highest BCUT2D eigenvalue weighted by molar-refractivity contribution is 7.47. The Morgan fingerprint density at radius 2 is 0.810 bits per heavy atom. The summed E-state index contributed by atoms with van der Waals surface area (Å²) in [6.45, 7) is 4.30. The summed E-state index contributed by atoms with van der Waals surface area (Å²) in [7, 11) is -5.01. The van der Waals surface area contributed by atoms with Crippen molar-refractivity contribution in [3.63, 3.8) is 0 Å². The lowest BCUT2D eigenvalue weighted by Crippen LogP contribution is -2.64. The smallest absolute Gasteiger partial charge is 0.457 e. The summed E-state index contributed by atoms with van der Waals surface area (Å²) < 4.78 is 34.2. The summed E-state index contributed by atoms with van der Waals surface area (Å²) in [4.78, 5) is 23.2. The number of carbonyl (C=O) groups is 1. The number of rotatable bonds is 41. The van der Waals surface area contributed by atoms with E-state index in [1.807, 2.05) is 0 Å². The summed E-state index contributed by atoms with van der Waals surface area (Å²) in [5.74, 6) is -0.471. The van der Waals surface area contributed by atoms with Gasteiger partial charge in [0.25, 0.3) is 0 Å². The van der Waals surface area contributed by atoms with Crippen LogP contribution in [0.4, 0.5) is 0 Å². The Balaban J connectivity index is 2.36. The number of aliphatic hydroxyl groups is 5. The minimum Gasteiger partial charge on any atom is -0.457 e. The van der Waals surface area contributed by atoms with Gasteiger partial charge < -0.3 is 39.9 Å². The zero-order valence-corrected chi connectivity index (χ0v) is 37.8. The van der Waals surface area contributed by atoms with E-state index in [1.165, 1.54) is 154 Å². The number of aliphatic hydroxyl groups excluding tert-OH is 5. The van der Waals surface area contributed by atoms with Gasteiger partial charge in [0.1, 0.15) is 42.7 Å². The Labute approximate surface area is 353 Å². The van der Waals surface area contributed by atoms with Gasteiger partial charge in [-0.1, -0.05) is 200 Å². The second-order valence-corrected chi connectivity index (χ2v) is 18.4. The third kappa shape index (κ3) is 28.8. The fourth-order valence-electron chi connectivity index (χ4n) is 7.65. The molecule has 1 saturated carbocycles. The lowest BCUT2D eigenvalue weighted by atomic mass is 9.85. The predicted octanol–water partition coefficient (Wildman–Crippen LogP) is 9.76. The fourth-order valence-corrected chi connectivity index (χ4v) is 8.62. The molecular weight excluding hydrogens is 763 g/mol. The SMILES string of the molecule is CCCCCCCCCCCCCCCCCCOC[C@H](COP(=O)(O)OC1C(O)C(O)C(O)[C@@H](O)C1O)OC(=O)CCCCCCCCCCCCCCCCC. The van der Waals surface area contributed by atoms with E-state index >= 15 is 0 Å². The van der Waals surface area contributed by atoms with Crippen molar-refractivity contribution in [2.75, 3.05) is 19.8 Å². The van der Waals surface area contributed by atoms with Gasteiger partial charge in [0, 0.05) is 13.0 Å². The standard InChI is InChI=1S/C45H89O12P/c1-3-5-7-9-11-13-15-17-19-21-23-25-27-29-31-33-35-54-36-38(37-55-58(52,53)57-45-43(50)41(48)40(47)42(49)44(45)51)56-39(46)34-32-30-28-26-24-22-20-18-16-14-12-10-8-6-4-2/h38,40-45,47-51H,3-37H2,1-2H3,(H,52,53)/t38-,40?,41-,42?,43?,44?,45?/m1/s1. The first kappa shape index (κ1) is 55.4. The van der Waals surface area contributed by atoms with Crippen molar-refractivity contribution in [3.05, 3.63) is 0 Å². The van der Waals surface area contributed by atoms with Crippen molar-refractivity contribution in [3.8, 4) is 0 Å². The summed E-state index contributed by atoms with van der Waals surface area (Å²) in [6.07, 6.45) is 25.9. The van der Waals surface area contributed by atoms with E-state index in [4.69, 9.17) is 18.5 Å². The van der Waals surface area contributed by atoms with Crippen LogP contribution in [0.2, 0.25) is 0 Å². The maximum absolute atomic E-state index is 12.8. The summed E-state index contributed by atoms with van der Waals surface area (Å²) in [5, 5.41) is 50.2. The molecule has 346 valence electrons. The highest BCUT2D eigenvalue weighted by Crippen LogP contribution is 2.47. The topological polar surface area (TPSA) is 192 Å². The second-order valence-electron chi connectivity index (χ2n) is 17.0. The van der Waals surface area contributed by atoms with Crippen molar-refractivity contribution in [1.82, 2.24) is 0 Å². The molecule has 0 radical (unpaired) electrons. The van der Waals surface area contributed by atoms with Crippen molar-refractivity contribution >= 4 is 13.8 Å². The Bertz CT molecular complexity index is 973. The molecule has 0 aromatic carbocycles. The molecule has 1 aliphatic carbocycles. The average molecular weight is 853 g/mol. The van der Waals surface area contributed by atoms with Crippen LogP contribution in [-0.2, 0) is 27.9 Å². The first-order chi connectivity index (χ1) is 28.0. The quantitative estimate of drug-likeness (QED) is 0.0194. The molecular formula is C45H89O12P. The fraction of sp³-hybridized carbons (Fsp3) is 0.978. The highest BCUT2D eigenvalue weighted by Gasteiger charge is 2.51. The van der Waals surface area contributed by atoms with Crippen LogP contribution in [0.3, 0.4) is 0 Å². The van der Waals surface area contributed by atoms with Crippen LogP contribution in [0.1, 0.15) is 219 Å². The van der Waals surface area contributed by atoms with Gasteiger partial charge in [0.2, 0.25) is 0 Å². The number of phosphoric ester groups is 1. The van der Waals surface area contributed by atoms with E-state index in [2.05, 4.69) is 13.8 Å². The van der Waals surface area contributed by atoms with E-state index in [0.717, 1.165) is 38.5 Å². The van der Waals surface area contributed by atoms with Gasteiger partial charge in [-0.15, -0.1) is 0 Å². The molecule has 1 rings (SSSR count). The number of ether oxygens (including phenoxy) is 2. The van der Waals surface area contributed by atoms with Crippen LogP contribution in [0.5, 0.6) is 0 Å². The molecule has 6 N–H and O–H groups in total. The number of carbonyl (C=O) groups excluding carboxylic acids is 1. The number of phosphoric acid groups is 1. The van der Waals surface area contributed by atoms with Gasteiger partial charge in [-0.25, -0.2) is 4.57 Å². The van der Waals surface area contributed by atoms with Gasteiger partial charge in [-0.05, 0) is 12.8 Å². The Morgan fingerprint density at radius 3 is 1.19 bits per heavy atom. The minimum atomic E-state index is -5.01. The average Bonchev–Trinajstić information content (AvgIpc) is 3.21. The second kappa shape index (κ2) is 36.9. The van der Waals surface area contributed by atoms with E-state index in [1.54, 1.807) is 0 Å². The van der Waals surface area contributed by atoms with Crippen molar-refractivity contribution in [2.24, 2.45) is 0 Å². The van der Waals surface area contributed by atoms with Gasteiger partial charge in [0.15, 0.2) is 0 Å². The van der Waals surface area contributed by atoms with Gasteiger partial charge in [-0.2, -0.15) is 0 Å². The number of unbranched alkanes of at least 4 members (excludes halogenated alkanes) is 29. The zero-order chi connectivity index (χ0) is 42.7.